The molecule has 166 valence electrons. The molecule has 3 aromatic rings. The lowest BCUT2D eigenvalue weighted by molar-refractivity contribution is 0.0575. The number of hydrogen-bond acceptors (Lipinski definition) is 3. The second-order valence-electron chi connectivity index (χ2n) is 9.13. The van der Waals surface area contributed by atoms with Gasteiger partial charge in [-0.25, -0.2) is 0 Å². The van der Waals surface area contributed by atoms with Crippen molar-refractivity contribution in [2.75, 3.05) is 26.2 Å². The molecule has 2 aromatic carbocycles. The molecule has 0 radical (unpaired) electrons. The second kappa shape index (κ2) is 8.91. The maximum atomic E-state index is 13.4. The maximum absolute atomic E-state index is 13.4. The van der Waals surface area contributed by atoms with Crippen LogP contribution in [0.5, 0.6) is 0 Å². The van der Waals surface area contributed by atoms with Gasteiger partial charge in [0.2, 0.25) is 0 Å². The predicted molar refractivity (Wildman–Crippen MR) is 127 cm³/mol. The standard InChI is InChI=1S/C27H31N3O2/c1-20(26(31)21-8-3-2-4-9-21)30-15-14-23-24(12-7-13-25(23)30)27(32)29-18-16-28(17-19-29)22-10-5-6-11-22/h2-4,7-9,12-15,20,22H,5-6,10-11,16-19H2,1H3. The normalized spacial score (nSPS) is 18.8. The van der Waals surface area contributed by atoms with Gasteiger partial charge in [-0.1, -0.05) is 49.2 Å². The van der Waals surface area contributed by atoms with E-state index in [1.807, 2.05) is 77.2 Å². The zero-order valence-corrected chi connectivity index (χ0v) is 18.7. The number of aromatic nitrogens is 1. The van der Waals surface area contributed by atoms with Gasteiger partial charge in [-0.15, -0.1) is 0 Å². The van der Waals surface area contributed by atoms with E-state index in [9.17, 15) is 9.59 Å². The van der Waals surface area contributed by atoms with Gasteiger partial charge in [0, 0.05) is 60.4 Å². The molecule has 1 saturated carbocycles. The summed E-state index contributed by atoms with van der Waals surface area (Å²) in [7, 11) is 0. The Labute approximate surface area is 189 Å². The molecule has 5 rings (SSSR count). The van der Waals surface area contributed by atoms with Crippen molar-refractivity contribution < 1.29 is 9.59 Å². The predicted octanol–water partition coefficient (Wildman–Crippen LogP) is 4.79. The summed E-state index contributed by atoms with van der Waals surface area (Å²) in [5.41, 5.74) is 2.36. The number of Topliss-reactive ketones (excluding diaryl/α,β-unsaturated/α-hetero) is 1. The number of fused-ring (bicyclic) bond motifs is 1. The lowest BCUT2D eigenvalue weighted by Gasteiger charge is -2.38. The van der Waals surface area contributed by atoms with Gasteiger partial charge in [-0.3, -0.25) is 14.5 Å². The van der Waals surface area contributed by atoms with Crippen LogP contribution in [0.15, 0.2) is 60.8 Å². The third-order valence-electron chi connectivity index (χ3n) is 7.29. The molecule has 0 bridgehead atoms. The van der Waals surface area contributed by atoms with E-state index >= 15 is 0 Å². The van der Waals surface area contributed by atoms with Crippen LogP contribution in [0.2, 0.25) is 0 Å². The molecule has 1 amide bonds. The average Bonchev–Trinajstić information content (AvgIpc) is 3.54. The average molecular weight is 430 g/mol. The van der Waals surface area contributed by atoms with E-state index in [4.69, 9.17) is 0 Å². The fraction of sp³-hybridized carbons (Fsp3) is 0.407. The summed E-state index contributed by atoms with van der Waals surface area (Å²) >= 11 is 0. The van der Waals surface area contributed by atoms with Crippen LogP contribution in [0.25, 0.3) is 10.9 Å². The number of carbonyl (C=O) groups is 2. The molecule has 5 nitrogen and oxygen atoms in total. The summed E-state index contributed by atoms with van der Waals surface area (Å²) in [6, 6.07) is 17.6. The van der Waals surface area contributed by atoms with Crippen LogP contribution < -0.4 is 0 Å². The Kier molecular flexibility index (Phi) is 5.83. The van der Waals surface area contributed by atoms with Crippen LogP contribution in [0.3, 0.4) is 0 Å². The molecule has 1 unspecified atom stereocenters. The van der Waals surface area contributed by atoms with Crippen molar-refractivity contribution in [3.63, 3.8) is 0 Å². The van der Waals surface area contributed by atoms with Crippen molar-refractivity contribution >= 4 is 22.6 Å². The highest BCUT2D eigenvalue weighted by Gasteiger charge is 2.29. The fourth-order valence-corrected chi connectivity index (χ4v) is 5.41. The molecule has 1 aliphatic heterocycles. The monoisotopic (exact) mass is 429 g/mol. The van der Waals surface area contributed by atoms with Gasteiger partial charge < -0.3 is 9.47 Å². The van der Waals surface area contributed by atoms with E-state index in [0.717, 1.165) is 42.6 Å². The lowest BCUT2D eigenvalue weighted by atomic mass is 10.0. The summed E-state index contributed by atoms with van der Waals surface area (Å²) < 4.78 is 1.99. The maximum Gasteiger partial charge on any atom is 0.254 e. The molecule has 1 aliphatic carbocycles. The van der Waals surface area contributed by atoms with Crippen LogP contribution >= 0.6 is 0 Å². The highest BCUT2D eigenvalue weighted by molar-refractivity contribution is 6.07. The van der Waals surface area contributed by atoms with Crippen molar-refractivity contribution in [1.29, 1.82) is 0 Å². The summed E-state index contributed by atoms with van der Waals surface area (Å²) in [4.78, 5) is 31.0. The van der Waals surface area contributed by atoms with Crippen molar-refractivity contribution in [3.8, 4) is 0 Å². The number of nitrogens with zero attached hydrogens (tertiary/aromatic N) is 3. The zero-order chi connectivity index (χ0) is 22.1. The molecule has 2 aliphatic rings. The number of hydrogen-bond donors (Lipinski definition) is 0. The van der Waals surface area contributed by atoms with E-state index in [1.165, 1.54) is 25.7 Å². The molecular formula is C27H31N3O2. The molecule has 1 aromatic heterocycles. The Hall–Kier alpha value is -2.92. The van der Waals surface area contributed by atoms with Crippen molar-refractivity contribution in [1.82, 2.24) is 14.4 Å². The summed E-state index contributed by atoms with van der Waals surface area (Å²) in [6.07, 6.45) is 7.23. The Morgan fingerprint density at radius 1 is 0.875 bits per heavy atom. The number of benzene rings is 2. The first kappa shape index (κ1) is 21.0. The van der Waals surface area contributed by atoms with Gasteiger partial charge >= 0.3 is 0 Å². The van der Waals surface area contributed by atoms with E-state index < -0.39 is 0 Å². The molecule has 5 heteroatoms. The third kappa shape index (κ3) is 3.86. The third-order valence-corrected chi connectivity index (χ3v) is 7.29. The zero-order valence-electron chi connectivity index (χ0n) is 18.7. The quantitative estimate of drug-likeness (QED) is 0.548. The smallest absolute Gasteiger partial charge is 0.254 e. The van der Waals surface area contributed by atoms with Crippen LogP contribution in [0.4, 0.5) is 0 Å². The molecular weight excluding hydrogens is 398 g/mol. The minimum Gasteiger partial charge on any atom is -0.337 e. The number of amides is 1. The first-order chi connectivity index (χ1) is 15.6. The molecule has 0 spiro atoms. The molecule has 0 N–H and O–H groups in total. The van der Waals surface area contributed by atoms with Gasteiger partial charge in [0.05, 0.1) is 6.04 Å². The fourth-order valence-electron chi connectivity index (χ4n) is 5.41. The lowest BCUT2D eigenvalue weighted by Crippen LogP contribution is -2.51. The Balaban J connectivity index is 1.35. The number of rotatable bonds is 5. The summed E-state index contributed by atoms with van der Waals surface area (Å²) in [5, 5.41) is 0.920. The number of piperazine rings is 1. The minimum atomic E-state index is -0.338. The van der Waals surface area contributed by atoms with Crippen LogP contribution in [0, 0.1) is 0 Å². The first-order valence-electron chi connectivity index (χ1n) is 11.9. The molecule has 1 saturated heterocycles. The van der Waals surface area contributed by atoms with E-state index in [0.29, 0.717) is 11.6 Å². The Morgan fingerprint density at radius 3 is 2.31 bits per heavy atom. The van der Waals surface area contributed by atoms with Crippen LogP contribution in [-0.4, -0.2) is 58.3 Å². The first-order valence-corrected chi connectivity index (χ1v) is 11.9. The van der Waals surface area contributed by atoms with Crippen LogP contribution in [0.1, 0.15) is 59.4 Å². The SMILES string of the molecule is CC(C(=O)c1ccccc1)n1ccc2c(C(=O)N3CCN(C4CCCC4)CC3)cccc21. The van der Waals surface area contributed by atoms with Gasteiger partial charge in [-0.05, 0) is 38.0 Å². The highest BCUT2D eigenvalue weighted by atomic mass is 16.2. The van der Waals surface area contributed by atoms with Gasteiger partial charge in [0.1, 0.15) is 0 Å². The van der Waals surface area contributed by atoms with Crippen molar-refractivity contribution in [3.05, 3.63) is 71.9 Å². The van der Waals surface area contributed by atoms with Crippen LogP contribution in [-0.2, 0) is 0 Å². The molecule has 1 atom stereocenters. The van der Waals surface area contributed by atoms with Crippen molar-refractivity contribution in [2.24, 2.45) is 0 Å². The molecule has 2 heterocycles. The van der Waals surface area contributed by atoms with E-state index in [-0.39, 0.29) is 17.7 Å². The largest absolute Gasteiger partial charge is 0.337 e. The van der Waals surface area contributed by atoms with Gasteiger partial charge in [-0.2, -0.15) is 0 Å². The minimum absolute atomic E-state index is 0.0721. The molecule has 2 fully saturated rings. The number of carbonyl (C=O) groups excluding carboxylic acids is 2. The highest BCUT2D eigenvalue weighted by Crippen LogP contribution is 2.28. The second-order valence-corrected chi connectivity index (χ2v) is 9.13. The van der Waals surface area contributed by atoms with E-state index in [2.05, 4.69) is 4.90 Å². The Morgan fingerprint density at radius 2 is 1.59 bits per heavy atom. The number of ketones is 1. The van der Waals surface area contributed by atoms with Gasteiger partial charge in [0.15, 0.2) is 5.78 Å². The summed E-state index contributed by atoms with van der Waals surface area (Å²) in [5.74, 6) is 0.171. The van der Waals surface area contributed by atoms with Crippen molar-refractivity contribution in [2.45, 2.75) is 44.7 Å². The van der Waals surface area contributed by atoms with Gasteiger partial charge in [0.25, 0.3) is 5.91 Å². The van der Waals surface area contributed by atoms with E-state index in [1.54, 1.807) is 0 Å². The summed E-state index contributed by atoms with van der Waals surface area (Å²) in [6.45, 7) is 5.43. The topological polar surface area (TPSA) is 45.6 Å². The Bertz CT molecular complexity index is 1110. The molecule has 32 heavy (non-hydrogen) atoms.